The van der Waals surface area contributed by atoms with Crippen LogP contribution in [0.15, 0.2) is 34.2 Å². The summed E-state index contributed by atoms with van der Waals surface area (Å²) in [6.45, 7) is 4.69. The van der Waals surface area contributed by atoms with Gasteiger partial charge in [0.1, 0.15) is 18.2 Å². The molecular weight excluding hydrogens is 456 g/mol. The van der Waals surface area contributed by atoms with Crippen molar-refractivity contribution in [1.82, 2.24) is 9.99 Å². The number of hydrogen-bond donors (Lipinski definition) is 1. The number of amides is 1. The van der Waals surface area contributed by atoms with Crippen LogP contribution < -0.4 is 20.5 Å². The number of ether oxygens (including phenoxy) is 4. The van der Waals surface area contributed by atoms with Crippen LogP contribution in [0.2, 0.25) is 0 Å². The molecule has 0 aliphatic carbocycles. The number of nitriles is 1. The molecule has 1 N–H and O–H groups in total. The van der Waals surface area contributed by atoms with Crippen LogP contribution in [-0.2, 0) is 32.2 Å². The number of methoxy groups -OCH3 is 2. The second-order valence-corrected chi connectivity index (χ2v) is 7.65. The monoisotopic (exact) mass is 484 g/mol. The topological polar surface area (TPSA) is 141 Å². The number of benzene rings is 1. The van der Waals surface area contributed by atoms with E-state index in [0.29, 0.717) is 28.3 Å². The standard InChI is InChI=1S/C24H28N4O7/c1-15(2)35-23(30)14-34-20-7-6-17(9-21(20)33-5)11-26-27-22(29)12-28-16(3)8-18(13-32-4)19(10-25)24(28)31/h6-9,11,15H,12-14H2,1-5H3,(H,27,29)/b26-11+. The van der Waals surface area contributed by atoms with Crippen LogP contribution in [0, 0.1) is 18.3 Å². The minimum Gasteiger partial charge on any atom is -0.493 e. The lowest BCUT2D eigenvalue weighted by Gasteiger charge is -2.12. The maximum Gasteiger partial charge on any atom is 0.344 e. The molecule has 1 amide bonds. The maximum absolute atomic E-state index is 12.6. The Morgan fingerprint density at radius 3 is 2.60 bits per heavy atom. The summed E-state index contributed by atoms with van der Waals surface area (Å²) in [5.41, 5.74) is 3.27. The average molecular weight is 485 g/mol. The highest BCUT2D eigenvalue weighted by Gasteiger charge is 2.15. The Hall–Kier alpha value is -4.17. The smallest absolute Gasteiger partial charge is 0.344 e. The summed E-state index contributed by atoms with van der Waals surface area (Å²) in [6.07, 6.45) is 1.14. The van der Waals surface area contributed by atoms with Gasteiger partial charge >= 0.3 is 5.97 Å². The number of esters is 1. The summed E-state index contributed by atoms with van der Waals surface area (Å²) in [6, 6.07) is 8.37. The second kappa shape index (κ2) is 12.9. The van der Waals surface area contributed by atoms with Crippen LogP contribution in [0.5, 0.6) is 11.5 Å². The number of hydrazone groups is 1. The number of nitrogens with zero attached hydrogens (tertiary/aromatic N) is 3. The first-order valence-electron chi connectivity index (χ1n) is 10.6. The molecule has 1 aromatic carbocycles. The van der Waals surface area contributed by atoms with E-state index in [2.05, 4.69) is 10.5 Å². The zero-order chi connectivity index (χ0) is 26.0. The van der Waals surface area contributed by atoms with Gasteiger partial charge in [0.15, 0.2) is 18.1 Å². The zero-order valence-corrected chi connectivity index (χ0v) is 20.3. The molecule has 1 aromatic heterocycles. The molecule has 0 unspecified atom stereocenters. The number of rotatable bonds is 11. The van der Waals surface area contributed by atoms with E-state index in [-0.39, 0.29) is 31.4 Å². The Bertz CT molecular complexity index is 1200. The summed E-state index contributed by atoms with van der Waals surface area (Å²) >= 11 is 0. The van der Waals surface area contributed by atoms with E-state index in [1.807, 2.05) is 6.07 Å². The van der Waals surface area contributed by atoms with Gasteiger partial charge < -0.3 is 23.5 Å². The molecule has 2 aromatic rings. The number of carbonyl (C=O) groups excluding carboxylic acids is 2. The molecule has 2 rings (SSSR count). The fraction of sp³-hybridized carbons (Fsp3) is 0.375. The molecule has 11 nitrogen and oxygen atoms in total. The Labute approximate surface area is 202 Å². The molecule has 35 heavy (non-hydrogen) atoms. The number of aromatic nitrogens is 1. The van der Waals surface area contributed by atoms with E-state index in [4.69, 9.17) is 18.9 Å². The molecule has 0 saturated heterocycles. The van der Waals surface area contributed by atoms with Crippen LogP contribution in [-0.4, -0.2) is 49.6 Å². The van der Waals surface area contributed by atoms with Gasteiger partial charge in [0, 0.05) is 18.4 Å². The van der Waals surface area contributed by atoms with Crippen molar-refractivity contribution in [2.75, 3.05) is 20.8 Å². The van der Waals surface area contributed by atoms with Gasteiger partial charge in [0.05, 0.1) is 26.0 Å². The molecule has 0 atom stereocenters. The number of pyridine rings is 1. The van der Waals surface area contributed by atoms with E-state index >= 15 is 0 Å². The van der Waals surface area contributed by atoms with Crippen LogP contribution in [0.1, 0.15) is 36.2 Å². The fourth-order valence-electron chi connectivity index (χ4n) is 3.10. The summed E-state index contributed by atoms with van der Waals surface area (Å²) in [5, 5.41) is 13.2. The summed E-state index contributed by atoms with van der Waals surface area (Å²) < 4.78 is 22.0. The van der Waals surface area contributed by atoms with E-state index in [9.17, 15) is 19.6 Å². The predicted molar refractivity (Wildman–Crippen MR) is 126 cm³/mol. The van der Waals surface area contributed by atoms with E-state index in [0.717, 1.165) is 0 Å². The van der Waals surface area contributed by atoms with Crippen molar-refractivity contribution in [1.29, 1.82) is 5.26 Å². The highest BCUT2D eigenvalue weighted by molar-refractivity contribution is 5.83. The third-order valence-electron chi connectivity index (χ3n) is 4.61. The number of carbonyl (C=O) groups is 2. The van der Waals surface area contributed by atoms with E-state index < -0.39 is 17.4 Å². The highest BCUT2D eigenvalue weighted by atomic mass is 16.6. The van der Waals surface area contributed by atoms with Gasteiger partial charge in [0.2, 0.25) is 0 Å². The van der Waals surface area contributed by atoms with Crippen molar-refractivity contribution in [3.63, 3.8) is 0 Å². The molecule has 0 aliphatic heterocycles. The van der Waals surface area contributed by atoms with Crippen LogP contribution in [0.4, 0.5) is 0 Å². The van der Waals surface area contributed by atoms with E-state index in [1.165, 1.54) is 25.0 Å². The van der Waals surface area contributed by atoms with Gasteiger partial charge in [-0.2, -0.15) is 10.4 Å². The van der Waals surface area contributed by atoms with Crippen LogP contribution in [0.3, 0.4) is 0 Å². The molecule has 11 heteroatoms. The van der Waals surface area contributed by atoms with Gasteiger partial charge in [-0.3, -0.25) is 9.59 Å². The van der Waals surface area contributed by atoms with Crippen molar-refractivity contribution < 1.29 is 28.5 Å². The molecule has 0 fully saturated rings. The Morgan fingerprint density at radius 2 is 1.97 bits per heavy atom. The summed E-state index contributed by atoms with van der Waals surface area (Å²) in [5.74, 6) is -0.347. The molecule has 0 aliphatic rings. The molecule has 0 saturated carbocycles. The van der Waals surface area contributed by atoms with Gasteiger partial charge in [0.25, 0.3) is 11.5 Å². The first-order chi connectivity index (χ1) is 16.7. The highest BCUT2D eigenvalue weighted by Crippen LogP contribution is 2.27. The number of aryl methyl sites for hydroxylation is 1. The van der Waals surface area contributed by atoms with Gasteiger partial charge in [-0.1, -0.05) is 0 Å². The minimum absolute atomic E-state index is 0.0689. The predicted octanol–water partition coefficient (Wildman–Crippen LogP) is 1.66. The quantitative estimate of drug-likeness (QED) is 0.288. The Kier molecular flexibility index (Phi) is 9.98. The average Bonchev–Trinajstić information content (AvgIpc) is 2.80. The lowest BCUT2D eigenvalue weighted by molar-refractivity contribution is -0.149. The normalized spacial score (nSPS) is 10.8. The van der Waals surface area contributed by atoms with Crippen molar-refractivity contribution in [3.05, 3.63) is 57.0 Å². The van der Waals surface area contributed by atoms with Gasteiger partial charge in [-0.05, 0) is 50.6 Å². The number of hydrogen-bond acceptors (Lipinski definition) is 9. The zero-order valence-electron chi connectivity index (χ0n) is 20.3. The molecular formula is C24H28N4O7. The van der Waals surface area contributed by atoms with Crippen molar-refractivity contribution >= 4 is 18.1 Å². The third kappa shape index (κ3) is 7.68. The largest absolute Gasteiger partial charge is 0.493 e. The van der Waals surface area contributed by atoms with Crippen LogP contribution in [0.25, 0.3) is 0 Å². The first-order valence-corrected chi connectivity index (χ1v) is 10.6. The van der Waals surface area contributed by atoms with Crippen molar-refractivity contribution in [3.8, 4) is 17.6 Å². The molecule has 0 spiro atoms. The molecule has 0 radical (unpaired) electrons. The molecule has 186 valence electrons. The SMILES string of the molecule is COCc1cc(C)n(CC(=O)N/N=C/c2ccc(OCC(=O)OC(C)C)c(OC)c2)c(=O)c1C#N. The maximum atomic E-state index is 12.6. The van der Waals surface area contributed by atoms with Crippen molar-refractivity contribution in [2.45, 2.75) is 40.0 Å². The van der Waals surface area contributed by atoms with Gasteiger partial charge in [-0.25, -0.2) is 10.2 Å². The number of nitrogens with one attached hydrogen (secondary N) is 1. The van der Waals surface area contributed by atoms with Gasteiger partial charge in [-0.15, -0.1) is 0 Å². The minimum atomic E-state index is -0.573. The Morgan fingerprint density at radius 1 is 1.23 bits per heavy atom. The third-order valence-corrected chi connectivity index (χ3v) is 4.61. The molecule has 1 heterocycles. The van der Waals surface area contributed by atoms with Crippen molar-refractivity contribution in [2.24, 2.45) is 5.10 Å². The fourth-order valence-corrected chi connectivity index (χ4v) is 3.10. The molecule has 0 bridgehead atoms. The lowest BCUT2D eigenvalue weighted by Crippen LogP contribution is -2.33. The summed E-state index contributed by atoms with van der Waals surface area (Å²) in [4.78, 5) is 36.6. The first kappa shape index (κ1) is 27.1. The van der Waals surface area contributed by atoms with E-state index in [1.54, 1.807) is 45.0 Å². The lowest BCUT2D eigenvalue weighted by atomic mass is 10.1. The Balaban J connectivity index is 2.05. The van der Waals surface area contributed by atoms with Crippen LogP contribution >= 0.6 is 0 Å². The summed E-state index contributed by atoms with van der Waals surface area (Å²) in [7, 11) is 2.91. The second-order valence-electron chi connectivity index (χ2n) is 7.65.